The third-order valence-electron chi connectivity index (χ3n) is 0.784. The van der Waals surface area contributed by atoms with Crippen LogP contribution < -0.4 is 4.34 Å². The summed E-state index contributed by atoms with van der Waals surface area (Å²) in [6.07, 6.45) is 0.595. The van der Waals surface area contributed by atoms with Crippen LogP contribution in [-0.2, 0) is 0 Å². The summed E-state index contributed by atoms with van der Waals surface area (Å²) in [5.74, 6) is 0. The molecule has 0 saturated heterocycles. The summed E-state index contributed by atoms with van der Waals surface area (Å²) < 4.78 is 2.68. The van der Waals surface area contributed by atoms with E-state index in [9.17, 15) is 0 Å². The van der Waals surface area contributed by atoms with E-state index in [2.05, 4.69) is 20.5 Å². The van der Waals surface area contributed by atoms with Gasteiger partial charge in [0.2, 0.25) is 0 Å². The van der Waals surface area contributed by atoms with Gasteiger partial charge >= 0.3 is 0 Å². The average molecular weight is 166 g/mol. The molecule has 0 rings (SSSR count). The van der Waals surface area contributed by atoms with Crippen molar-refractivity contribution in [1.29, 1.82) is 0 Å². The molecule has 0 heterocycles. The van der Waals surface area contributed by atoms with Crippen LogP contribution in [0.15, 0.2) is 0 Å². The highest BCUT2D eigenvalue weighted by Crippen LogP contribution is 1.84. The van der Waals surface area contributed by atoms with Crippen LogP contribution in [0.1, 0.15) is 0 Å². The lowest BCUT2D eigenvalue weighted by molar-refractivity contribution is 0.201. The minimum Gasteiger partial charge on any atom is -0.393 e. The molecule has 2 nitrogen and oxygen atoms in total. The SMILES string of the molecule is BC[C@H](O)CNBr. The molecular weight excluding hydrogens is 157 g/mol. The summed E-state index contributed by atoms with van der Waals surface area (Å²) in [7, 11) is 1.94. The van der Waals surface area contributed by atoms with Crippen LogP contribution in [0.3, 0.4) is 0 Å². The Bertz CT molecular complexity index is 45.9. The fraction of sp³-hybridized carbons (Fsp3) is 1.00. The number of aliphatic hydroxyl groups excluding tert-OH is 1. The van der Waals surface area contributed by atoms with Gasteiger partial charge in [-0.3, -0.25) is 4.34 Å². The summed E-state index contributed by atoms with van der Waals surface area (Å²) in [5, 5.41) is 8.77. The third-order valence-corrected chi connectivity index (χ3v) is 1.11. The zero-order valence-electron chi connectivity index (χ0n) is 4.32. The van der Waals surface area contributed by atoms with Crippen molar-refractivity contribution in [3.8, 4) is 0 Å². The Labute approximate surface area is 53.0 Å². The summed E-state index contributed by atoms with van der Waals surface area (Å²) >= 11 is 2.98. The van der Waals surface area contributed by atoms with Gasteiger partial charge < -0.3 is 5.11 Å². The van der Waals surface area contributed by atoms with Crippen LogP contribution in [0.25, 0.3) is 0 Å². The van der Waals surface area contributed by atoms with Crippen LogP contribution >= 0.6 is 16.1 Å². The highest BCUT2D eigenvalue weighted by molar-refractivity contribution is 9.08. The molecule has 0 unspecified atom stereocenters. The lowest BCUT2D eigenvalue weighted by Gasteiger charge is -2.02. The maximum absolute atomic E-state index is 8.77. The van der Waals surface area contributed by atoms with Crippen LogP contribution in [0.4, 0.5) is 0 Å². The zero-order valence-corrected chi connectivity index (χ0v) is 5.90. The van der Waals surface area contributed by atoms with Gasteiger partial charge in [-0.2, -0.15) is 0 Å². The Morgan fingerprint density at radius 1 is 1.86 bits per heavy atom. The average Bonchev–Trinajstić information content (AvgIpc) is 1.68. The van der Waals surface area contributed by atoms with Gasteiger partial charge in [0.1, 0.15) is 7.85 Å². The number of hydrogen-bond donors (Lipinski definition) is 2. The Morgan fingerprint density at radius 3 is 2.57 bits per heavy atom. The topological polar surface area (TPSA) is 32.3 Å². The van der Waals surface area contributed by atoms with E-state index in [-0.39, 0.29) is 6.10 Å². The fourth-order valence-electron chi connectivity index (χ4n) is 0.233. The fourth-order valence-corrected chi connectivity index (χ4v) is 0.607. The molecule has 0 radical (unpaired) electrons. The molecule has 42 valence electrons. The summed E-state index contributed by atoms with van der Waals surface area (Å²) in [4.78, 5) is 0. The van der Waals surface area contributed by atoms with Crippen molar-refractivity contribution >= 4 is 24.0 Å². The molecule has 0 fully saturated rings. The van der Waals surface area contributed by atoms with Gasteiger partial charge in [0, 0.05) is 22.7 Å². The van der Waals surface area contributed by atoms with Gasteiger partial charge in [-0.1, -0.05) is 6.32 Å². The molecule has 7 heavy (non-hydrogen) atoms. The lowest BCUT2D eigenvalue weighted by Crippen LogP contribution is -2.18. The number of halogens is 1. The van der Waals surface area contributed by atoms with E-state index in [1.165, 1.54) is 0 Å². The second-order valence-electron chi connectivity index (χ2n) is 1.40. The van der Waals surface area contributed by atoms with Crippen molar-refractivity contribution in [3.05, 3.63) is 0 Å². The third kappa shape index (κ3) is 4.32. The first-order chi connectivity index (χ1) is 3.31. The molecular formula is C3H9BBrNO. The van der Waals surface area contributed by atoms with Gasteiger partial charge in [-0.25, -0.2) is 0 Å². The minimum atomic E-state index is -0.209. The lowest BCUT2D eigenvalue weighted by atomic mass is 10.00. The highest BCUT2D eigenvalue weighted by atomic mass is 79.9. The Morgan fingerprint density at radius 2 is 2.43 bits per heavy atom. The van der Waals surface area contributed by atoms with E-state index in [0.29, 0.717) is 6.54 Å². The van der Waals surface area contributed by atoms with E-state index >= 15 is 0 Å². The quantitative estimate of drug-likeness (QED) is 0.429. The molecule has 2 N–H and O–H groups in total. The van der Waals surface area contributed by atoms with Gasteiger partial charge in [-0.05, 0) is 0 Å². The zero-order chi connectivity index (χ0) is 5.70. The van der Waals surface area contributed by atoms with Gasteiger partial charge in [0.15, 0.2) is 0 Å². The molecule has 0 amide bonds. The molecule has 0 aromatic carbocycles. The van der Waals surface area contributed by atoms with Gasteiger partial charge in [0.05, 0.1) is 6.10 Å². The molecule has 0 aliphatic carbocycles. The van der Waals surface area contributed by atoms with E-state index in [4.69, 9.17) is 5.11 Å². The van der Waals surface area contributed by atoms with E-state index in [0.717, 1.165) is 6.32 Å². The van der Waals surface area contributed by atoms with E-state index in [1.54, 1.807) is 0 Å². The van der Waals surface area contributed by atoms with Crippen LogP contribution in [0, 0.1) is 0 Å². The summed E-state index contributed by atoms with van der Waals surface area (Å²) in [6.45, 7) is 0.622. The molecule has 1 atom stereocenters. The van der Waals surface area contributed by atoms with Crippen molar-refractivity contribution in [1.82, 2.24) is 4.34 Å². The van der Waals surface area contributed by atoms with E-state index < -0.39 is 0 Å². The first-order valence-electron chi connectivity index (χ1n) is 2.32. The van der Waals surface area contributed by atoms with Crippen molar-refractivity contribution in [2.24, 2.45) is 0 Å². The molecule has 0 bridgehead atoms. The number of nitrogens with one attached hydrogen (secondary N) is 1. The monoisotopic (exact) mass is 165 g/mol. The standard InChI is InChI=1S/C3H9BBrNO/c4-1-3(7)2-6-5/h3,6-7H,1-2,4H2/t3-/m0/s1. The first kappa shape index (κ1) is 7.46. The minimum absolute atomic E-state index is 0.209. The Balaban J connectivity index is 2.83. The smallest absolute Gasteiger partial charge is 0.104 e. The predicted octanol–water partition coefficient (Wildman–Crippen LogP) is -0.702. The maximum Gasteiger partial charge on any atom is 0.104 e. The second-order valence-corrected chi connectivity index (χ2v) is 1.96. The molecule has 0 aliphatic rings. The second kappa shape index (κ2) is 4.62. The molecule has 0 saturated carbocycles. The molecule has 0 spiro atoms. The first-order valence-corrected chi connectivity index (χ1v) is 3.12. The molecule has 0 aromatic rings. The maximum atomic E-state index is 8.77. The largest absolute Gasteiger partial charge is 0.393 e. The highest BCUT2D eigenvalue weighted by Gasteiger charge is 1.94. The molecule has 0 aliphatic heterocycles. The number of aliphatic hydroxyl groups is 1. The number of rotatable bonds is 3. The van der Waals surface area contributed by atoms with Gasteiger partial charge in [-0.15, -0.1) is 0 Å². The number of hydrogen-bond acceptors (Lipinski definition) is 2. The molecule has 4 heteroatoms. The van der Waals surface area contributed by atoms with Gasteiger partial charge in [0.25, 0.3) is 0 Å². The summed E-state index contributed by atoms with van der Waals surface area (Å²) in [5.41, 5.74) is 0. The van der Waals surface area contributed by atoms with Crippen molar-refractivity contribution in [3.63, 3.8) is 0 Å². The van der Waals surface area contributed by atoms with Crippen LogP contribution in [-0.4, -0.2) is 25.6 Å². The Kier molecular flexibility index (Phi) is 4.93. The Hall–Kier alpha value is 0.465. The normalized spacial score (nSPS) is 14.0. The van der Waals surface area contributed by atoms with E-state index in [1.807, 2.05) is 7.85 Å². The van der Waals surface area contributed by atoms with Crippen LogP contribution in [0.2, 0.25) is 6.32 Å². The van der Waals surface area contributed by atoms with Crippen molar-refractivity contribution in [2.75, 3.05) is 6.54 Å². The summed E-state index contributed by atoms with van der Waals surface area (Å²) in [6, 6.07) is 0. The van der Waals surface area contributed by atoms with Crippen LogP contribution in [0.5, 0.6) is 0 Å². The van der Waals surface area contributed by atoms with Crippen molar-refractivity contribution in [2.45, 2.75) is 12.4 Å². The van der Waals surface area contributed by atoms with Crippen molar-refractivity contribution < 1.29 is 5.11 Å². The molecule has 0 aromatic heterocycles. The predicted molar refractivity (Wildman–Crippen MR) is 36.3 cm³/mol.